The van der Waals surface area contributed by atoms with Crippen molar-refractivity contribution in [3.63, 3.8) is 0 Å². The van der Waals surface area contributed by atoms with Crippen molar-refractivity contribution in [1.82, 2.24) is 10.3 Å². The third-order valence-electron chi connectivity index (χ3n) is 2.42. The molecule has 2 rings (SSSR count). The molecule has 1 saturated heterocycles. The molecule has 3 amide bonds. The van der Waals surface area contributed by atoms with Gasteiger partial charge < -0.3 is 4.42 Å². The van der Waals surface area contributed by atoms with Crippen LogP contribution in [0, 0.1) is 0 Å². The first-order chi connectivity index (χ1) is 8.61. The van der Waals surface area contributed by atoms with Gasteiger partial charge in [-0.25, -0.2) is 5.84 Å². The molecule has 1 aromatic rings. The lowest BCUT2D eigenvalue weighted by molar-refractivity contribution is -0.128. The SMILES string of the molecule is NNC(=O)c1coc(CN2C(=O)CCSC2=O)c1. The van der Waals surface area contributed by atoms with E-state index in [0.29, 0.717) is 17.9 Å². The summed E-state index contributed by atoms with van der Waals surface area (Å²) in [5.74, 6) is 5.12. The van der Waals surface area contributed by atoms with Crippen LogP contribution in [0.25, 0.3) is 0 Å². The van der Waals surface area contributed by atoms with E-state index in [2.05, 4.69) is 0 Å². The largest absolute Gasteiger partial charge is 0.467 e. The van der Waals surface area contributed by atoms with E-state index in [9.17, 15) is 14.4 Å². The Morgan fingerprint density at radius 3 is 3.00 bits per heavy atom. The Hall–Kier alpha value is -1.80. The molecule has 0 radical (unpaired) electrons. The van der Waals surface area contributed by atoms with Gasteiger partial charge in [-0.1, -0.05) is 11.8 Å². The number of hydrazine groups is 1. The number of hydrogen-bond acceptors (Lipinski definition) is 6. The molecule has 1 aromatic heterocycles. The minimum atomic E-state index is -0.490. The van der Waals surface area contributed by atoms with Gasteiger partial charge in [0.05, 0.1) is 12.1 Å². The predicted octanol–water partition coefficient (Wildman–Crippen LogP) is 0.469. The minimum Gasteiger partial charge on any atom is -0.467 e. The molecule has 0 atom stereocenters. The van der Waals surface area contributed by atoms with E-state index in [1.165, 1.54) is 12.3 Å². The maximum absolute atomic E-state index is 11.6. The Kier molecular flexibility index (Phi) is 3.68. The van der Waals surface area contributed by atoms with Gasteiger partial charge in [-0.05, 0) is 6.07 Å². The summed E-state index contributed by atoms with van der Waals surface area (Å²) in [7, 11) is 0. The van der Waals surface area contributed by atoms with Crippen molar-refractivity contribution in [2.75, 3.05) is 5.75 Å². The molecule has 2 heterocycles. The number of imide groups is 1. The highest BCUT2D eigenvalue weighted by atomic mass is 32.2. The van der Waals surface area contributed by atoms with Gasteiger partial charge in [0, 0.05) is 12.2 Å². The monoisotopic (exact) mass is 269 g/mol. The van der Waals surface area contributed by atoms with Gasteiger partial charge in [0.25, 0.3) is 11.1 Å². The quantitative estimate of drug-likeness (QED) is 0.469. The van der Waals surface area contributed by atoms with Gasteiger partial charge in [-0.3, -0.25) is 24.7 Å². The fourth-order valence-electron chi connectivity index (χ4n) is 1.51. The van der Waals surface area contributed by atoms with Crippen molar-refractivity contribution in [2.45, 2.75) is 13.0 Å². The molecule has 0 spiro atoms. The Labute approximate surface area is 107 Å². The van der Waals surface area contributed by atoms with E-state index >= 15 is 0 Å². The number of rotatable bonds is 3. The standard InChI is InChI=1S/C10H11N3O4S/c11-12-9(15)6-3-7(17-5-6)4-13-8(14)1-2-18-10(13)16/h3,5H,1-2,4,11H2,(H,12,15). The number of carbonyl (C=O) groups is 3. The number of furan rings is 1. The van der Waals surface area contributed by atoms with Gasteiger partial charge in [-0.2, -0.15) is 0 Å². The maximum Gasteiger partial charge on any atom is 0.288 e. The fourth-order valence-corrected chi connectivity index (χ4v) is 2.29. The second kappa shape index (κ2) is 5.23. The summed E-state index contributed by atoms with van der Waals surface area (Å²) in [6, 6.07) is 1.45. The molecule has 0 unspecified atom stereocenters. The van der Waals surface area contributed by atoms with Crippen LogP contribution in [0.15, 0.2) is 16.7 Å². The number of hydrogen-bond donors (Lipinski definition) is 2. The number of thioether (sulfide) groups is 1. The topological polar surface area (TPSA) is 106 Å². The molecule has 0 aromatic carbocycles. The van der Waals surface area contributed by atoms with E-state index in [1.807, 2.05) is 5.43 Å². The normalized spacial score (nSPS) is 15.9. The zero-order chi connectivity index (χ0) is 13.1. The molecular weight excluding hydrogens is 258 g/mol. The molecule has 0 aliphatic carbocycles. The van der Waals surface area contributed by atoms with Crippen molar-refractivity contribution in [3.8, 4) is 0 Å². The highest BCUT2D eigenvalue weighted by Gasteiger charge is 2.27. The minimum absolute atomic E-state index is 0.0303. The first-order valence-electron chi connectivity index (χ1n) is 5.17. The lowest BCUT2D eigenvalue weighted by Crippen LogP contribution is -2.37. The molecule has 18 heavy (non-hydrogen) atoms. The van der Waals surface area contributed by atoms with Crippen molar-refractivity contribution in [3.05, 3.63) is 23.7 Å². The summed E-state index contributed by atoms with van der Waals surface area (Å²) in [6.07, 6.45) is 1.55. The van der Waals surface area contributed by atoms with Crippen molar-refractivity contribution >= 4 is 28.8 Å². The van der Waals surface area contributed by atoms with Crippen molar-refractivity contribution in [2.24, 2.45) is 5.84 Å². The number of nitrogens with two attached hydrogens (primary N) is 1. The summed E-state index contributed by atoms with van der Waals surface area (Å²) in [4.78, 5) is 35.4. The van der Waals surface area contributed by atoms with Crippen LogP contribution >= 0.6 is 11.8 Å². The first kappa shape index (κ1) is 12.7. The van der Waals surface area contributed by atoms with Gasteiger partial charge in [-0.15, -0.1) is 0 Å². The van der Waals surface area contributed by atoms with E-state index < -0.39 is 5.91 Å². The smallest absolute Gasteiger partial charge is 0.288 e. The van der Waals surface area contributed by atoms with Crippen molar-refractivity contribution < 1.29 is 18.8 Å². The summed E-state index contributed by atoms with van der Waals surface area (Å²) in [5, 5.41) is -0.299. The number of nitrogen functional groups attached to an aromatic ring is 1. The summed E-state index contributed by atoms with van der Waals surface area (Å²) < 4.78 is 5.12. The number of carbonyl (C=O) groups excluding carboxylic acids is 3. The van der Waals surface area contributed by atoms with Crippen LogP contribution in [-0.4, -0.2) is 27.7 Å². The van der Waals surface area contributed by atoms with Gasteiger partial charge in [0.2, 0.25) is 5.91 Å². The summed E-state index contributed by atoms with van der Waals surface area (Å²) in [5.41, 5.74) is 2.21. The Bertz CT molecular complexity index is 483. The Morgan fingerprint density at radius 1 is 1.56 bits per heavy atom. The second-order valence-corrected chi connectivity index (χ2v) is 4.67. The Balaban J connectivity index is 2.09. The average molecular weight is 269 g/mol. The van der Waals surface area contributed by atoms with Crippen LogP contribution in [0.1, 0.15) is 22.5 Å². The zero-order valence-corrected chi connectivity index (χ0v) is 10.2. The van der Waals surface area contributed by atoms with Gasteiger partial charge in [0.15, 0.2) is 0 Å². The van der Waals surface area contributed by atoms with Crippen molar-refractivity contribution in [1.29, 1.82) is 0 Å². The van der Waals surface area contributed by atoms with Gasteiger partial charge >= 0.3 is 0 Å². The van der Waals surface area contributed by atoms with Crippen LogP contribution in [0.2, 0.25) is 0 Å². The third-order valence-corrected chi connectivity index (χ3v) is 3.30. The van der Waals surface area contributed by atoms with Crippen LogP contribution in [0.4, 0.5) is 4.79 Å². The first-order valence-corrected chi connectivity index (χ1v) is 6.16. The lowest BCUT2D eigenvalue weighted by atomic mass is 10.3. The van der Waals surface area contributed by atoms with Crippen LogP contribution in [-0.2, 0) is 11.3 Å². The summed E-state index contributed by atoms with van der Waals surface area (Å²) >= 11 is 1.09. The lowest BCUT2D eigenvalue weighted by Gasteiger charge is -2.22. The number of nitrogens with one attached hydrogen (secondary N) is 1. The van der Waals surface area contributed by atoms with E-state index in [0.717, 1.165) is 16.7 Å². The second-order valence-electron chi connectivity index (χ2n) is 3.62. The molecule has 1 fully saturated rings. The van der Waals surface area contributed by atoms with Crippen LogP contribution in [0.5, 0.6) is 0 Å². The molecule has 7 nitrogen and oxygen atoms in total. The van der Waals surface area contributed by atoms with Gasteiger partial charge in [0.1, 0.15) is 12.0 Å². The van der Waals surface area contributed by atoms with E-state index in [4.69, 9.17) is 10.3 Å². The third kappa shape index (κ3) is 2.54. The molecule has 0 bridgehead atoms. The number of nitrogens with zero attached hydrogens (tertiary/aromatic N) is 1. The molecule has 1 aliphatic heterocycles. The van der Waals surface area contributed by atoms with Crippen LogP contribution < -0.4 is 11.3 Å². The van der Waals surface area contributed by atoms with Crippen LogP contribution in [0.3, 0.4) is 0 Å². The highest BCUT2D eigenvalue weighted by Crippen LogP contribution is 2.21. The highest BCUT2D eigenvalue weighted by molar-refractivity contribution is 8.13. The zero-order valence-electron chi connectivity index (χ0n) is 9.34. The average Bonchev–Trinajstić information content (AvgIpc) is 2.81. The molecule has 3 N–H and O–H groups in total. The summed E-state index contributed by atoms with van der Waals surface area (Å²) in [6.45, 7) is 0.0303. The molecule has 1 aliphatic rings. The maximum atomic E-state index is 11.6. The molecule has 0 saturated carbocycles. The predicted molar refractivity (Wildman–Crippen MR) is 63.4 cm³/mol. The number of amides is 3. The molecular formula is C10H11N3O4S. The molecule has 8 heteroatoms. The Morgan fingerprint density at radius 2 is 2.33 bits per heavy atom. The molecule has 96 valence electrons. The fraction of sp³-hybridized carbons (Fsp3) is 0.300. The van der Waals surface area contributed by atoms with E-state index in [-0.39, 0.29) is 23.3 Å². The van der Waals surface area contributed by atoms with E-state index in [1.54, 1.807) is 0 Å².